The first kappa shape index (κ1) is 19.2. The van der Waals surface area contributed by atoms with Crippen molar-refractivity contribution in [2.75, 3.05) is 31.1 Å². The second-order valence-corrected chi connectivity index (χ2v) is 8.78. The lowest BCUT2D eigenvalue weighted by atomic mass is 9.96. The number of nitrogens with one attached hydrogen (secondary N) is 1. The van der Waals surface area contributed by atoms with Crippen molar-refractivity contribution in [3.63, 3.8) is 0 Å². The number of benzene rings is 1. The summed E-state index contributed by atoms with van der Waals surface area (Å²) in [7, 11) is 0. The third-order valence-electron chi connectivity index (χ3n) is 6.01. The van der Waals surface area contributed by atoms with Crippen molar-refractivity contribution in [2.24, 2.45) is 0 Å². The van der Waals surface area contributed by atoms with Gasteiger partial charge in [-0.15, -0.1) is 0 Å². The Bertz CT molecular complexity index is 1020. The number of anilines is 1. The van der Waals surface area contributed by atoms with E-state index in [0.717, 1.165) is 47.7 Å². The number of nitrogens with zero attached hydrogens (tertiary/aromatic N) is 5. The van der Waals surface area contributed by atoms with Gasteiger partial charge in [0.05, 0.1) is 5.52 Å². The molecule has 8 heteroatoms. The van der Waals surface area contributed by atoms with Crippen LogP contribution in [-0.2, 0) is 0 Å². The molecule has 2 aliphatic rings. The van der Waals surface area contributed by atoms with Crippen LogP contribution in [0.4, 0.5) is 9.93 Å². The van der Waals surface area contributed by atoms with Crippen LogP contribution in [0.5, 0.6) is 0 Å². The second kappa shape index (κ2) is 8.55. The van der Waals surface area contributed by atoms with E-state index in [2.05, 4.69) is 26.7 Å². The molecule has 7 nitrogen and oxygen atoms in total. The van der Waals surface area contributed by atoms with Gasteiger partial charge >= 0.3 is 6.03 Å². The lowest BCUT2D eigenvalue weighted by Crippen LogP contribution is -2.53. The molecule has 2 amide bonds. The molecule has 2 aromatic heterocycles. The highest BCUT2D eigenvalue weighted by Crippen LogP contribution is 2.25. The van der Waals surface area contributed by atoms with Crippen LogP contribution >= 0.6 is 11.5 Å². The molecule has 0 bridgehead atoms. The van der Waals surface area contributed by atoms with E-state index in [4.69, 9.17) is 9.97 Å². The third-order valence-corrected chi connectivity index (χ3v) is 6.79. The van der Waals surface area contributed by atoms with E-state index in [1.807, 2.05) is 29.2 Å². The van der Waals surface area contributed by atoms with Gasteiger partial charge in [-0.05, 0) is 25.0 Å². The Labute approximate surface area is 180 Å². The number of pyridine rings is 1. The standard InChI is InChI=1S/C22H26N6OS/c29-21(23-17-7-2-1-3-8-17)27-12-14-28(15-13-27)22-25-20(26-30-22)19-11-10-16-6-4-5-9-18(16)24-19/h4-6,9-11,17H,1-3,7-8,12-15H2,(H,23,29). The molecule has 0 unspecified atom stereocenters. The van der Waals surface area contributed by atoms with E-state index in [1.165, 1.54) is 30.8 Å². The molecular formula is C22H26N6OS. The van der Waals surface area contributed by atoms with Gasteiger partial charge in [0.25, 0.3) is 0 Å². The van der Waals surface area contributed by atoms with E-state index >= 15 is 0 Å². The van der Waals surface area contributed by atoms with Gasteiger partial charge in [0.1, 0.15) is 5.69 Å². The Morgan fingerprint density at radius 3 is 2.60 bits per heavy atom. The zero-order chi connectivity index (χ0) is 20.3. The minimum atomic E-state index is 0.0832. The molecule has 30 heavy (non-hydrogen) atoms. The van der Waals surface area contributed by atoms with Crippen molar-refractivity contribution in [1.29, 1.82) is 0 Å². The number of para-hydroxylation sites is 1. The lowest BCUT2D eigenvalue weighted by Gasteiger charge is -2.35. The van der Waals surface area contributed by atoms with Crippen LogP contribution in [0.3, 0.4) is 0 Å². The minimum absolute atomic E-state index is 0.0832. The van der Waals surface area contributed by atoms with Crippen molar-refractivity contribution >= 4 is 33.6 Å². The summed E-state index contributed by atoms with van der Waals surface area (Å²) in [4.78, 5) is 26.1. The van der Waals surface area contributed by atoms with Gasteiger partial charge in [-0.1, -0.05) is 43.5 Å². The molecule has 0 spiro atoms. The van der Waals surface area contributed by atoms with Gasteiger partial charge in [-0.3, -0.25) is 0 Å². The molecule has 1 saturated carbocycles. The topological polar surface area (TPSA) is 74.2 Å². The van der Waals surface area contributed by atoms with Crippen LogP contribution in [0.25, 0.3) is 22.4 Å². The van der Waals surface area contributed by atoms with Crippen molar-refractivity contribution in [3.8, 4) is 11.5 Å². The summed E-state index contributed by atoms with van der Waals surface area (Å²) in [6, 6.07) is 12.5. The van der Waals surface area contributed by atoms with E-state index in [9.17, 15) is 4.79 Å². The summed E-state index contributed by atoms with van der Waals surface area (Å²) >= 11 is 1.40. The zero-order valence-corrected chi connectivity index (χ0v) is 17.8. The number of carbonyl (C=O) groups excluding carboxylic acids is 1. The van der Waals surface area contributed by atoms with Gasteiger partial charge in [-0.25, -0.2) is 9.78 Å². The molecule has 1 aromatic carbocycles. The number of amides is 2. The molecule has 3 aromatic rings. The molecule has 0 atom stereocenters. The Morgan fingerprint density at radius 1 is 0.967 bits per heavy atom. The van der Waals surface area contributed by atoms with E-state index in [0.29, 0.717) is 25.0 Å². The van der Waals surface area contributed by atoms with Crippen LogP contribution in [0.15, 0.2) is 36.4 Å². The van der Waals surface area contributed by atoms with Gasteiger partial charge < -0.3 is 15.1 Å². The Balaban J connectivity index is 1.20. The Kier molecular flexibility index (Phi) is 5.48. The molecule has 1 aliphatic carbocycles. The molecule has 3 heterocycles. The van der Waals surface area contributed by atoms with Crippen molar-refractivity contribution < 1.29 is 4.79 Å². The first-order valence-corrected chi connectivity index (χ1v) is 11.5. The number of fused-ring (bicyclic) bond motifs is 1. The number of urea groups is 1. The predicted molar refractivity (Wildman–Crippen MR) is 120 cm³/mol. The highest BCUT2D eigenvalue weighted by molar-refractivity contribution is 7.09. The van der Waals surface area contributed by atoms with Crippen LogP contribution in [0, 0.1) is 0 Å². The van der Waals surface area contributed by atoms with Gasteiger partial charge in [0.2, 0.25) is 5.13 Å². The first-order valence-electron chi connectivity index (χ1n) is 10.8. The lowest BCUT2D eigenvalue weighted by molar-refractivity contribution is 0.186. The summed E-state index contributed by atoms with van der Waals surface area (Å²) in [5, 5.41) is 5.22. The van der Waals surface area contributed by atoms with Crippen LogP contribution < -0.4 is 10.2 Å². The monoisotopic (exact) mass is 422 g/mol. The fourth-order valence-electron chi connectivity index (χ4n) is 4.25. The minimum Gasteiger partial charge on any atom is -0.343 e. The summed E-state index contributed by atoms with van der Waals surface area (Å²) < 4.78 is 4.53. The number of rotatable bonds is 3. The molecule has 1 saturated heterocycles. The third kappa shape index (κ3) is 4.09. The number of carbonyl (C=O) groups is 1. The average molecular weight is 423 g/mol. The largest absolute Gasteiger partial charge is 0.343 e. The molecule has 0 radical (unpaired) electrons. The normalized spacial score (nSPS) is 18.0. The second-order valence-electron chi connectivity index (χ2n) is 8.05. The Morgan fingerprint density at radius 2 is 1.77 bits per heavy atom. The van der Waals surface area contributed by atoms with Crippen molar-refractivity contribution in [3.05, 3.63) is 36.4 Å². The average Bonchev–Trinajstić information content (AvgIpc) is 3.30. The highest BCUT2D eigenvalue weighted by atomic mass is 32.1. The SMILES string of the molecule is O=C(NC1CCCCC1)N1CCN(c2nc(-c3ccc4ccccc4n3)ns2)CC1. The number of piperazine rings is 1. The summed E-state index contributed by atoms with van der Waals surface area (Å²) in [6.45, 7) is 2.97. The van der Waals surface area contributed by atoms with Gasteiger partial charge in [-0.2, -0.15) is 9.36 Å². The number of hydrogen-bond acceptors (Lipinski definition) is 6. The Hall–Kier alpha value is -2.74. The predicted octanol–water partition coefficient (Wildman–Crippen LogP) is 3.92. The maximum absolute atomic E-state index is 12.6. The number of hydrogen-bond donors (Lipinski definition) is 1. The summed E-state index contributed by atoms with van der Waals surface area (Å²) in [5.41, 5.74) is 1.74. The zero-order valence-electron chi connectivity index (χ0n) is 17.0. The summed E-state index contributed by atoms with van der Waals surface area (Å²) in [6.07, 6.45) is 5.97. The molecule has 5 rings (SSSR count). The molecule has 1 N–H and O–H groups in total. The van der Waals surface area contributed by atoms with Crippen LogP contribution in [-0.4, -0.2) is 57.5 Å². The smallest absolute Gasteiger partial charge is 0.317 e. The van der Waals surface area contributed by atoms with Crippen molar-refractivity contribution in [2.45, 2.75) is 38.1 Å². The molecule has 2 fully saturated rings. The van der Waals surface area contributed by atoms with Gasteiger partial charge in [0, 0.05) is 49.1 Å². The highest BCUT2D eigenvalue weighted by Gasteiger charge is 2.25. The molecular weight excluding hydrogens is 396 g/mol. The summed E-state index contributed by atoms with van der Waals surface area (Å²) in [5.74, 6) is 0.665. The van der Waals surface area contributed by atoms with Crippen LogP contribution in [0.1, 0.15) is 32.1 Å². The molecule has 156 valence electrons. The van der Waals surface area contributed by atoms with Gasteiger partial charge in [0.15, 0.2) is 5.82 Å². The van der Waals surface area contributed by atoms with Crippen LogP contribution in [0.2, 0.25) is 0 Å². The fourth-order valence-corrected chi connectivity index (χ4v) is 4.98. The maximum atomic E-state index is 12.6. The van der Waals surface area contributed by atoms with Crippen molar-refractivity contribution in [1.82, 2.24) is 24.6 Å². The number of aromatic nitrogens is 3. The van der Waals surface area contributed by atoms with E-state index in [-0.39, 0.29) is 6.03 Å². The van der Waals surface area contributed by atoms with E-state index in [1.54, 1.807) is 0 Å². The molecule has 1 aliphatic heterocycles. The quantitative estimate of drug-likeness (QED) is 0.693. The van der Waals surface area contributed by atoms with E-state index < -0.39 is 0 Å². The maximum Gasteiger partial charge on any atom is 0.317 e. The fraction of sp³-hybridized carbons (Fsp3) is 0.455. The first-order chi connectivity index (χ1) is 14.8.